The van der Waals surface area contributed by atoms with Gasteiger partial charge in [0.2, 0.25) is 0 Å². The molecule has 1 amide bonds. The number of amides is 1. The molecule has 0 bridgehead atoms. The van der Waals surface area contributed by atoms with E-state index in [-0.39, 0.29) is 17.4 Å². The van der Waals surface area contributed by atoms with Crippen LogP contribution in [-0.2, 0) is 0 Å². The van der Waals surface area contributed by atoms with Crippen LogP contribution in [0.2, 0.25) is 0 Å². The molecule has 2 N–H and O–H groups in total. The van der Waals surface area contributed by atoms with Crippen molar-refractivity contribution in [1.82, 2.24) is 9.97 Å². The van der Waals surface area contributed by atoms with Gasteiger partial charge < -0.3 is 10.6 Å². The van der Waals surface area contributed by atoms with Gasteiger partial charge in [-0.1, -0.05) is 6.92 Å². The van der Waals surface area contributed by atoms with Crippen molar-refractivity contribution in [1.29, 1.82) is 0 Å². The third kappa shape index (κ3) is 4.35. The lowest BCUT2D eigenvalue weighted by Gasteiger charge is -2.07. The molecule has 0 spiro atoms. The lowest BCUT2D eigenvalue weighted by Crippen LogP contribution is -2.15. The van der Waals surface area contributed by atoms with Crippen molar-refractivity contribution in [3.63, 3.8) is 0 Å². The zero-order chi connectivity index (χ0) is 15.2. The van der Waals surface area contributed by atoms with E-state index in [1.165, 1.54) is 30.6 Å². The van der Waals surface area contributed by atoms with Gasteiger partial charge in [-0.15, -0.1) is 0 Å². The number of nitrogens with one attached hydrogen (secondary N) is 2. The summed E-state index contributed by atoms with van der Waals surface area (Å²) in [6.45, 7) is 2.85. The minimum absolute atomic E-state index is 0.206. The maximum absolute atomic E-state index is 13.0. The lowest BCUT2D eigenvalue weighted by atomic mass is 10.3. The maximum Gasteiger partial charge on any atom is 0.275 e. The molecule has 1 heterocycles. The molecular weight excluding hydrogens is 386 g/mol. The highest BCUT2D eigenvalue weighted by Gasteiger charge is 2.10. The molecule has 21 heavy (non-hydrogen) atoms. The normalized spacial score (nSPS) is 10.2. The van der Waals surface area contributed by atoms with Crippen LogP contribution in [-0.4, -0.2) is 22.4 Å². The van der Waals surface area contributed by atoms with Gasteiger partial charge in [-0.25, -0.2) is 14.4 Å². The van der Waals surface area contributed by atoms with E-state index in [1.54, 1.807) is 0 Å². The monoisotopic (exact) mass is 400 g/mol. The first-order chi connectivity index (χ1) is 10.1. The molecule has 0 aliphatic heterocycles. The average Bonchev–Trinajstić information content (AvgIpc) is 2.48. The Hall–Kier alpha value is -1.77. The number of rotatable bonds is 5. The van der Waals surface area contributed by atoms with Crippen LogP contribution in [0.4, 0.5) is 15.9 Å². The van der Waals surface area contributed by atoms with E-state index in [0.717, 1.165) is 13.0 Å². The highest BCUT2D eigenvalue weighted by molar-refractivity contribution is 14.1. The average molecular weight is 400 g/mol. The SMILES string of the molecule is CCCNc1cnc(C(=O)Nc2ccc(F)cc2I)cn1. The molecule has 2 rings (SSSR count). The molecule has 5 nitrogen and oxygen atoms in total. The number of aromatic nitrogens is 2. The largest absolute Gasteiger partial charge is 0.369 e. The fourth-order valence-electron chi connectivity index (χ4n) is 1.57. The number of hydrogen-bond acceptors (Lipinski definition) is 4. The molecule has 0 saturated carbocycles. The summed E-state index contributed by atoms with van der Waals surface area (Å²) >= 11 is 1.96. The topological polar surface area (TPSA) is 66.9 Å². The quantitative estimate of drug-likeness (QED) is 0.757. The summed E-state index contributed by atoms with van der Waals surface area (Å²) in [7, 11) is 0. The van der Waals surface area contributed by atoms with Crippen LogP contribution in [0.5, 0.6) is 0 Å². The molecular formula is C14H14FIN4O. The molecule has 2 aromatic rings. The molecule has 0 radical (unpaired) electrons. The highest BCUT2D eigenvalue weighted by atomic mass is 127. The first kappa shape index (κ1) is 15.6. The molecule has 0 aliphatic carbocycles. The third-order valence-corrected chi connectivity index (χ3v) is 3.51. The van der Waals surface area contributed by atoms with Crippen molar-refractivity contribution in [3.8, 4) is 0 Å². The maximum atomic E-state index is 13.0. The summed E-state index contributed by atoms with van der Waals surface area (Å²) in [4.78, 5) is 20.2. The molecule has 0 aliphatic rings. The van der Waals surface area contributed by atoms with Gasteiger partial charge >= 0.3 is 0 Å². The summed E-state index contributed by atoms with van der Waals surface area (Å²) < 4.78 is 13.6. The van der Waals surface area contributed by atoms with Gasteiger partial charge in [0.25, 0.3) is 5.91 Å². The smallest absolute Gasteiger partial charge is 0.275 e. The molecule has 0 saturated heterocycles. The summed E-state index contributed by atoms with van der Waals surface area (Å²) in [5.41, 5.74) is 0.745. The van der Waals surface area contributed by atoms with Crippen LogP contribution in [0.15, 0.2) is 30.6 Å². The standard InChI is InChI=1S/C14H14FIN4O/c1-2-5-17-13-8-18-12(7-19-13)14(21)20-11-4-3-9(15)6-10(11)16/h3-4,6-8H,2,5H2,1H3,(H,17,19)(H,20,21). The summed E-state index contributed by atoms with van der Waals surface area (Å²) in [6.07, 6.45) is 3.90. The Morgan fingerprint density at radius 2 is 2.14 bits per heavy atom. The molecule has 0 unspecified atom stereocenters. The van der Waals surface area contributed by atoms with Gasteiger partial charge in [-0.3, -0.25) is 4.79 Å². The van der Waals surface area contributed by atoms with Crippen LogP contribution >= 0.6 is 22.6 Å². The second kappa shape index (κ2) is 7.30. The van der Waals surface area contributed by atoms with E-state index >= 15 is 0 Å². The number of nitrogens with zero attached hydrogens (tertiary/aromatic N) is 2. The van der Waals surface area contributed by atoms with Crippen molar-refractivity contribution in [2.24, 2.45) is 0 Å². The van der Waals surface area contributed by atoms with Gasteiger partial charge in [0.15, 0.2) is 0 Å². The summed E-state index contributed by atoms with van der Waals surface area (Å²) in [6, 6.07) is 4.15. The van der Waals surface area contributed by atoms with E-state index in [2.05, 4.69) is 20.6 Å². The van der Waals surface area contributed by atoms with Crippen LogP contribution in [0.25, 0.3) is 0 Å². The minimum atomic E-state index is -0.380. The number of halogens is 2. The van der Waals surface area contributed by atoms with E-state index in [1.807, 2.05) is 29.5 Å². The Balaban J connectivity index is 2.06. The minimum Gasteiger partial charge on any atom is -0.369 e. The number of hydrogen-bond donors (Lipinski definition) is 2. The molecule has 110 valence electrons. The summed E-state index contributed by atoms with van der Waals surface area (Å²) in [5, 5.41) is 5.76. The van der Waals surface area contributed by atoms with Gasteiger partial charge in [-0.05, 0) is 47.2 Å². The zero-order valence-electron chi connectivity index (χ0n) is 11.4. The van der Waals surface area contributed by atoms with Crippen LogP contribution in [0.1, 0.15) is 23.8 Å². The van der Waals surface area contributed by atoms with E-state index in [4.69, 9.17) is 0 Å². The van der Waals surface area contributed by atoms with Crippen LogP contribution < -0.4 is 10.6 Å². The van der Waals surface area contributed by atoms with E-state index in [9.17, 15) is 9.18 Å². The van der Waals surface area contributed by atoms with Gasteiger partial charge in [0.1, 0.15) is 17.3 Å². The lowest BCUT2D eigenvalue weighted by molar-refractivity contribution is 0.102. The first-order valence-electron chi connectivity index (χ1n) is 6.42. The number of carbonyl (C=O) groups excluding carboxylic acids is 1. The van der Waals surface area contributed by atoms with Gasteiger partial charge in [-0.2, -0.15) is 0 Å². The van der Waals surface area contributed by atoms with Gasteiger partial charge in [0, 0.05) is 10.1 Å². The van der Waals surface area contributed by atoms with Crippen molar-refractivity contribution in [2.45, 2.75) is 13.3 Å². The fraction of sp³-hybridized carbons (Fsp3) is 0.214. The van der Waals surface area contributed by atoms with Crippen molar-refractivity contribution in [3.05, 3.63) is 45.7 Å². The second-order valence-corrected chi connectivity index (χ2v) is 5.45. The number of benzene rings is 1. The Labute approximate surface area is 135 Å². The Kier molecular flexibility index (Phi) is 5.43. The molecule has 0 atom stereocenters. The van der Waals surface area contributed by atoms with Crippen LogP contribution in [0.3, 0.4) is 0 Å². The predicted molar refractivity (Wildman–Crippen MR) is 87.9 cm³/mol. The van der Waals surface area contributed by atoms with E-state index in [0.29, 0.717) is 15.1 Å². The van der Waals surface area contributed by atoms with Gasteiger partial charge in [0.05, 0.1) is 18.1 Å². The Morgan fingerprint density at radius 3 is 2.76 bits per heavy atom. The number of carbonyl (C=O) groups is 1. The molecule has 7 heteroatoms. The third-order valence-electron chi connectivity index (χ3n) is 2.62. The molecule has 1 aromatic heterocycles. The zero-order valence-corrected chi connectivity index (χ0v) is 13.5. The first-order valence-corrected chi connectivity index (χ1v) is 7.50. The highest BCUT2D eigenvalue weighted by Crippen LogP contribution is 2.19. The molecule has 1 aromatic carbocycles. The predicted octanol–water partition coefficient (Wildman–Crippen LogP) is 3.29. The second-order valence-electron chi connectivity index (χ2n) is 4.29. The van der Waals surface area contributed by atoms with Crippen LogP contribution in [0, 0.1) is 9.39 Å². The Bertz CT molecular complexity index is 633. The molecule has 0 fully saturated rings. The summed E-state index contributed by atoms with van der Waals surface area (Å²) in [5.74, 6) is -0.0950. The fourth-order valence-corrected chi connectivity index (χ4v) is 2.18. The van der Waals surface area contributed by atoms with Crippen molar-refractivity contribution in [2.75, 3.05) is 17.2 Å². The number of anilines is 2. The van der Waals surface area contributed by atoms with Crippen molar-refractivity contribution >= 4 is 40.0 Å². The van der Waals surface area contributed by atoms with Crippen molar-refractivity contribution < 1.29 is 9.18 Å². The Morgan fingerprint density at radius 1 is 1.33 bits per heavy atom. The van der Waals surface area contributed by atoms with E-state index < -0.39 is 0 Å².